The van der Waals surface area contributed by atoms with Gasteiger partial charge in [-0.05, 0) is 55.8 Å². The minimum atomic E-state index is -0.543. The molecule has 26 heavy (non-hydrogen) atoms. The molecule has 1 atom stereocenters. The third-order valence-corrected chi connectivity index (χ3v) is 5.13. The number of benzene rings is 2. The molecule has 2 aromatic carbocycles. The van der Waals surface area contributed by atoms with Crippen molar-refractivity contribution in [3.63, 3.8) is 0 Å². The Balaban J connectivity index is 1.78. The Morgan fingerprint density at radius 2 is 1.85 bits per heavy atom. The van der Waals surface area contributed by atoms with Crippen LogP contribution < -0.4 is 9.64 Å². The molecule has 1 saturated heterocycles. The molecule has 1 fully saturated rings. The minimum absolute atomic E-state index is 0.113. The number of amides is 2. The predicted molar refractivity (Wildman–Crippen MR) is 102 cm³/mol. The maximum absolute atomic E-state index is 12.8. The van der Waals surface area contributed by atoms with Crippen molar-refractivity contribution in [3.8, 4) is 5.75 Å². The lowest BCUT2D eigenvalue weighted by Crippen LogP contribution is -2.57. The molecule has 0 aromatic heterocycles. The van der Waals surface area contributed by atoms with E-state index in [1.807, 2.05) is 19.1 Å². The van der Waals surface area contributed by atoms with Crippen molar-refractivity contribution in [2.45, 2.75) is 19.9 Å². The molecule has 6 heteroatoms. The Morgan fingerprint density at radius 1 is 1.15 bits per heavy atom. The van der Waals surface area contributed by atoms with E-state index in [0.29, 0.717) is 29.4 Å². The van der Waals surface area contributed by atoms with Gasteiger partial charge in [0.05, 0.1) is 7.11 Å². The zero-order chi connectivity index (χ0) is 18.8. The van der Waals surface area contributed by atoms with Crippen LogP contribution in [0.2, 0.25) is 5.02 Å². The van der Waals surface area contributed by atoms with Crippen molar-refractivity contribution < 1.29 is 14.3 Å². The van der Waals surface area contributed by atoms with Gasteiger partial charge in [0, 0.05) is 29.4 Å². The predicted octanol–water partition coefficient (Wildman–Crippen LogP) is 3.53. The lowest BCUT2D eigenvalue weighted by Gasteiger charge is -2.39. The molecule has 1 heterocycles. The Morgan fingerprint density at radius 3 is 2.46 bits per heavy atom. The Labute approximate surface area is 158 Å². The zero-order valence-corrected chi connectivity index (χ0v) is 15.8. The first kappa shape index (κ1) is 18.3. The SMILES string of the molecule is COc1ccc(C(=O)N2CCN(c3ccc(C)c(Cl)c3)C(=O)[C@H]2C)cc1. The Hall–Kier alpha value is -2.53. The molecular weight excluding hydrogens is 352 g/mol. The second-order valence-electron chi connectivity index (χ2n) is 6.33. The number of nitrogens with zero attached hydrogens (tertiary/aromatic N) is 2. The highest BCUT2D eigenvalue weighted by Crippen LogP contribution is 2.26. The molecule has 0 spiro atoms. The molecule has 0 N–H and O–H groups in total. The van der Waals surface area contributed by atoms with Gasteiger partial charge in [0.2, 0.25) is 5.91 Å². The molecule has 1 aliphatic rings. The summed E-state index contributed by atoms with van der Waals surface area (Å²) >= 11 is 6.19. The van der Waals surface area contributed by atoms with Crippen LogP contribution in [0.25, 0.3) is 0 Å². The van der Waals surface area contributed by atoms with Crippen LogP contribution >= 0.6 is 11.6 Å². The second kappa shape index (κ2) is 7.38. The summed E-state index contributed by atoms with van der Waals surface area (Å²) < 4.78 is 5.12. The number of halogens is 1. The van der Waals surface area contributed by atoms with Gasteiger partial charge in [-0.3, -0.25) is 9.59 Å². The van der Waals surface area contributed by atoms with Gasteiger partial charge in [-0.25, -0.2) is 0 Å². The van der Waals surface area contributed by atoms with Crippen LogP contribution in [-0.4, -0.2) is 43.0 Å². The van der Waals surface area contributed by atoms with Crippen molar-refractivity contribution in [2.75, 3.05) is 25.1 Å². The first-order valence-corrected chi connectivity index (χ1v) is 8.82. The monoisotopic (exact) mass is 372 g/mol. The lowest BCUT2D eigenvalue weighted by atomic mass is 10.1. The van der Waals surface area contributed by atoms with Gasteiger partial charge >= 0.3 is 0 Å². The molecule has 2 aromatic rings. The minimum Gasteiger partial charge on any atom is -0.497 e. The topological polar surface area (TPSA) is 49.9 Å². The standard InChI is InChI=1S/C20H21ClN2O3/c1-13-4-7-16(12-18(13)21)23-11-10-22(14(2)19(23)24)20(25)15-5-8-17(26-3)9-6-15/h4-9,12,14H,10-11H2,1-3H3/t14-/m1/s1. The van der Waals surface area contributed by atoms with Gasteiger partial charge in [-0.2, -0.15) is 0 Å². The fraction of sp³-hybridized carbons (Fsp3) is 0.300. The van der Waals surface area contributed by atoms with Gasteiger partial charge in [0.25, 0.3) is 5.91 Å². The van der Waals surface area contributed by atoms with Crippen molar-refractivity contribution in [1.29, 1.82) is 0 Å². The van der Waals surface area contributed by atoms with Crippen LogP contribution in [-0.2, 0) is 4.79 Å². The first-order valence-electron chi connectivity index (χ1n) is 8.45. The molecule has 0 bridgehead atoms. The average molecular weight is 373 g/mol. The number of aryl methyl sites for hydroxylation is 1. The number of hydrogen-bond acceptors (Lipinski definition) is 3. The van der Waals surface area contributed by atoms with Crippen molar-refractivity contribution in [1.82, 2.24) is 4.90 Å². The maximum atomic E-state index is 12.8. The summed E-state index contributed by atoms with van der Waals surface area (Å²) in [4.78, 5) is 28.9. The first-order chi connectivity index (χ1) is 12.4. The lowest BCUT2D eigenvalue weighted by molar-refractivity contribution is -0.124. The Kier molecular flexibility index (Phi) is 5.18. The van der Waals surface area contributed by atoms with Gasteiger partial charge in [0.15, 0.2) is 0 Å². The molecule has 5 nitrogen and oxygen atoms in total. The van der Waals surface area contributed by atoms with E-state index in [1.54, 1.807) is 54.2 Å². The number of hydrogen-bond donors (Lipinski definition) is 0. The third kappa shape index (κ3) is 3.40. The summed E-state index contributed by atoms with van der Waals surface area (Å²) in [5.41, 5.74) is 2.26. The smallest absolute Gasteiger partial charge is 0.254 e. The van der Waals surface area contributed by atoms with Crippen molar-refractivity contribution >= 4 is 29.1 Å². The van der Waals surface area contributed by atoms with Crippen LogP contribution in [0.1, 0.15) is 22.8 Å². The number of ether oxygens (including phenoxy) is 1. The molecular formula is C20H21ClN2O3. The van der Waals surface area contributed by atoms with Gasteiger partial charge in [-0.1, -0.05) is 17.7 Å². The fourth-order valence-corrected chi connectivity index (χ4v) is 3.23. The van der Waals surface area contributed by atoms with E-state index < -0.39 is 6.04 Å². The molecule has 0 aliphatic carbocycles. The maximum Gasteiger partial charge on any atom is 0.254 e. The average Bonchev–Trinajstić information content (AvgIpc) is 2.66. The highest BCUT2D eigenvalue weighted by molar-refractivity contribution is 6.31. The van der Waals surface area contributed by atoms with E-state index in [-0.39, 0.29) is 11.8 Å². The van der Waals surface area contributed by atoms with Crippen molar-refractivity contribution in [3.05, 3.63) is 58.6 Å². The third-order valence-electron chi connectivity index (χ3n) is 4.72. The summed E-state index contributed by atoms with van der Waals surface area (Å²) in [7, 11) is 1.58. The molecule has 136 valence electrons. The van der Waals surface area contributed by atoms with E-state index in [0.717, 1.165) is 11.3 Å². The second-order valence-corrected chi connectivity index (χ2v) is 6.73. The molecule has 2 amide bonds. The van der Waals surface area contributed by atoms with Crippen LogP contribution in [0, 0.1) is 6.92 Å². The van der Waals surface area contributed by atoms with Crippen molar-refractivity contribution in [2.24, 2.45) is 0 Å². The molecule has 3 rings (SSSR count). The number of carbonyl (C=O) groups is 2. The Bertz CT molecular complexity index is 835. The van der Waals surface area contributed by atoms with Crippen LogP contribution in [0.4, 0.5) is 5.69 Å². The van der Waals surface area contributed by atoms with E-state index in [4.69, 9.17) is 16.3 Å². The van der Waals surface area contributed by atoms with Gasteiger partial charge < -0.3 is 14.5 Å². The normalized spacial score (nSPS) is 17.4. The number of methoxy groups -OCH3 is 1. The van der Waals surface area contributed by atoms with Crippen LogP contribution in [0.15, 0.2) is 42.5 Å². The number of carbonyl (C=O) groups excluding carboxylic acids is 2. The summed E-state index contributed by atoms with van der Waals surface area (Å²) in [5.74, 6) is 0.417. The summed E-state index contributed by atoms with van der Waals surface area (Å²) in [6.07, 6.45) is 0. The van der Waals surface area contributed by atoms with Crippen LogP contribution in [0.5, 0.6) is 5.75 Å². The summed E-state index contributed by atoms with van der Waals surface area (Å²) in [5, 5.41) is 0.625. The quantitative estimate of drug-likeness (QED) is 0.828. The number of piperazine rings is 1. The highest BCUT2D eigenvalue weighted by atomic mass is 35.5. The summed E-state index contributed by atoms with van der Waals surface area (Å²) in [6, 6.07) is 11.9. The van der Waals surface area contributed by atoms with Gasteiger partial charge in [-0.15, -0.1) is 0 Å². The molecule has 0 saturated carbocycles. The zero-order valence-electron chi connectivity index (χ0n) is 15.0. The number of anilines is 1. The largest absolute Gasteiger partial charge is 0.497 e. The van der Waals surface area contributed by atoms with E-state index >= 15 is 0 Å². The fourth-order valence-electron chi connectivity index (χ4n) is 3.05. The molecule has 0 unspecified atom stereocenters. The summed E-state index contributed by atoms with van der Waals surface area (Å²) in [6.45, 7) is 4.57. The van der Waals surface area contributed by atoms with Crippen LogP contribution in [0.3, 0.4) is 0 Å². The highest BCUT2D eigenvalue weighted by Gasteiger charge is 2.35. The molecule has 0 radical (unpaired) electrons. The van der Waals surface area contributed by atoms with E-state index in [2.05, 4.69) is 0 Å². The molecule has 1 aliphatic heterocycles. The van der Waals surface area contributed by atoms with E-state index in [1.165, 1.54) is 0 Å². The van der Waals surface area contributed by atoms with E-state index in [9.17, 15) is 9.59 Å². The number of rotatable bonds is 3. The van der Waals surface area contributed by atoms with Gasteiger partial charge in [0.1, 0.15) is 11.8 Å².